The number of fused-ring (bicyclic) bond motifs is 1. The molecule has 5 heteroatoms. The minimum atomic E-state index is 0. The van der Waals surface area contributed by atoms with Crippen LogP contribution in [0.4, 0.5) is 17.1 Å². The maximum absolute atomic E-state index is 4.22. The van der Waals surface area contributed by atoms with Crippen LogP contribution >= 0.6 is 0 Å². The molecule has 0 spiro atoms. The first-order valence-electron chi connectivity index (χ1n) is 9.14. The van der Waals surface area contributed by atoms with Crippen molar-refractivity contribution in [3.05, 3.63) is 116 Å². The van der Waals surface area contributed by atoms with Crippen LogP contribution in [0.5, 0.6) is 0 Å². The number of rotatable bonds is 2. The van der Waals surface area contributed by atoms with Crippen LogP contribution in [-0.2, 0) is 40.2 Å². The normalized spacial score (nSPS) is 11.4. The summed E-state index contributed by atoms with van der Waals surface area (Å²) in [7, 11) is 2.06. The van der Waals surface area contributed by atoms with Gasteiger partial charge >= 0.3 is 0 Å². The fourth-order valence-corrected chi connectivity index (χ4v) is 3.06. The molecule has 0 aliphatic carbocycles. The van der Waals surface area contributed by atoms with Gasteiger partial charge < -0.3 is 14.8 Å². The van der Waals surface area contributed by atoms with Crippen LogP contribution < -0.4 is 9.80 Å². The van der Waals surface area contributed by atoms with E-state index in [2.05, 4.69) is 71.0 Å². The number of hydrogen-bond acceptors (Lipinski definition) is 3. The summed E-state index contributed by atoms with van der Waals surface area (Å²) in [5, 5.41) is 0. The molecule has 0 atom stereocenters. The average Bonchev–Trinajstić information content (AvgIpc) is 3.13. The first-order chi connectivity index (χ1) is 13.8. The molecule has 2 radical (unpaired) electrons. The van der Waals surface area contributed by atoms with E-state index in [1.54, 1.807) is 6.20 Å². The molecule has 156 valence electrons. The summed E-state index contributed by atoms with van der Waals surface area (Å²) >= 11 is 0. The van der Waals surface area contributed by atoms with Gasteiger partial charge in [-0.25, -0.2) is 0 Å². The second-order valence-electron chi connectivity index (χ2n) is 6.32. The predicted molar refractivity (Wildman–Crippen MR) is 115 cm³/mol. The Hall–Kier alpha value is -2.29. The Kier molecular flexibility index (Phi) is 9.42. The summed E-state index contributed by atoms with van der Waals surface area (Å²) in [6, 6.07) is 36.4. The van der Waals surface area contributed by atoms with E-state index >= 15 is 0 Å². The molecule has 3 nitrogen and oxygen atoms in total. The second kappa shape index (κ2) is 11.8. The van der Waals surface area contributed by atoms with Crippen molar-refractivity contribution in [2.24, 2.45) is 0 Å². The van der Waals surface area contributed by atoms with Gasteiger partial charge in [-0.2, -0.15) is 37.0 Å². The third-order valence-corrected chi connectivity index (χ3v) is 4.41. The first kappa shape index (κ1) is 24.0. The molecule has 0 saturated carbocycles. The number of para-hydroxylation sites is 3. The van der Waals surface area contributed by atoms with Gasteiger partial charge in [-0.1, -0.05) is 24.3 Å². The van der Waals surface area contributed by atoms with Crippen LogP contribution in [0.1, 0.15) is 0 Å². The average molecular weight is 747 g/mol. The second-order valence-corrected chi connectivity index (χ2v) is 6.32. The van der Waals surface area contributed by atoms with E-state index in [-0.39, 0.29) is 40.2 Å². The zero-order valence-corrected chi connectivity index (χ0v) is 21.1. The Morgan fingerprint density at radius 1 is 0.733 bits per heavy atom. The monoisotopic (exact) mass is 748 g/mol. The molecular formula is C25H20Ir2N3-3. The van der Waals surface area contributed by atoms with Gasteiger partial charge in [0.2, 0.25) is 0 Å². The Morgan fingerprint density at radius 3 is 2.03 bits per heavy atom. The van der Waals surface area contributed by atoms with Gasteiger partial charge in [-0.15, -0.1) is 41.6 Å². The standard InChI is InChI=1S/C14H12N2.C11H8N.2Ir/c1-15-11-16(12-7-3-2-4-8-12)14-10-6-5-9-13(14)15;1-2-6-10(7-3-1)11-8-4-5-9-12-11;;/h2-7,9-11H,1H3;1-6,8-9H;;/q-2;-1;;. The zero-order chi connectivity index (χ0) is 19.2. The maximum atomic E-state index is 4.22. The van der Waals surface area contributed by atoms with Crippen LogP contribution in [0, 0.1) is 18.8 Å². The van der Waals surface area contributed by atoms with Gasteiger partial charge in [0.25, 0.3) is 0 Å². The molecule has 30 heavy (non-hydrogen) atoms. The smallest absolute Gasteiger partial charge is 0.0326 e. The molecule has 0 unspecified atom stereocenters. The third-order valence-electron chi connectivity index (χ3n) is 4.41. The van der Waals surface area contributed by atoms with Crippen molar-refractivity contribution < 1.29 is 40.2 Å². The van der Waals surface area contributed by atoms with E-state index in [1.807, 2.05) is 60.7 Å². The van der Waals surface area contributed by atoms with Gasteiger partial charge in [-0.05, 0) is 30.9 Å². The van der Waals surface area contributed by atoms with Crippen molar-refractivity contribution in [2.75, 3.05) is 16.8 Å². The predicted octanol–water partition coefficient (Wildman–Crippen LogP) is 5.74. The Bertz CT molecular complexity index is 974. The number of anilines is 3. The Morgan fingerprint density at radius 2 is 1.40 bits per heavy atom. The van der Waals surface area contributed by atoms with Gasteiger partial charge in [0.05, 0.1) is 0 Å². The molecule has 0 saturated heterocycles. The third kappa shape index (κ3) is 5.65. The summed E-state index contributed by atoms with van der Waals surface area (Å²) in [5.74, 6) is 0. The Balaban J connectivity index is 0.000000207. The van der Waals surface area contributed by atoms with Crippen LogP contribution in [0.25, 0.3) is 11.3 Å². The molecule has 0 N–H and O–H groups in total. The summed E-state index contributed by atoms with van der Waals surface area (Å²) in [5.41, 5.74) is 5.50. The molecule has 1 aliphatic rings. The van der Waals surface area contributed by atoms with Crippen molar-refractivity contribution in [1.29, 1.82) is 0 Å². The van der Waals surface area contributed by atoms with Gasteiger partial charge in [-0.3, -0.25) is 0 Å². The number of aromatic nitrogens is 1. The fraction of sp³-hybridized carbons (Fsp3) is 0.0400. The fourth-order valence-electron chi connectivity index (χ4n) is 3.06. The van der Waals surface area contributed by atoms with Gasteiger partial charge in [0.1, 0.15) is 0 Å². The van der Waals surface area contributed by atoms with Gasteiger partial charge in [0, 0.05) is 57.8 Å². The Labute approximate surface area is 205 Å². The number of benzene rings is 3. The SMILES string of the molecule is CN1[CH-]N(c2[c-]cccc2)c2ccccc21.[Ir].[Ir].[c-]1ccccc1-c1ccccn1. The van der Waals surface area contributed by atoms with Crippen molar-refractivity contribution in [1.82, 2.24) is 4.98 Å². The molecule has 0 bridgehead atoms. The van der Waals surface area contributed by atoms with E-state index in [9.17, 15) is 0 Å². The quantitative estimate of drug-likeness (QED) is 0.244. The van der Waals surface area contributed by atoms with Crippen molar-refractivity contribution >= 4 is 17.1 Å². The molecule has 5 rings (SSSR count). The number of nitrogens with zero attached hydrogens (tertiary/aromatic N) is 3. The summed E-state index contributed by atoms with van der Waals surface area (Å²) in [6.07, 6.45) is 1.79. The molecule has 1 aliphatic heterocycles. The van der Waals surface area contributed by atoms with Crippen molar-refractivity contribution in [3.8, 4) is 11.3 Å². The summed E-state index contributed by atoms with van der Waals surface area (Å²) in [6.45, 7) is 2.08. The van der Waals surface area contributed by atoms with E-state index in [0.29, 0.717) is 0 Å². The van der Waals surface area contributed by atoms with E-state index < -0.39 is 0 Å². The molecule has 4 aromatic rings. The molecule has 0 fully saturated rings. The summed E-state index contributed by atoms with van der Waals surface area (Å²) in [4.78, 5) is 8.49. The molecule has 3 aromatic carbocycles. The van der Waals surface area contributed by atoms with Crippen LogP contribution in [0.3, 0.4) is 0 Å². The maximum Gasteiger partial charge on any atom is 0.0326 e. The molecule has 0 amide bonds. The van der Waals surface area contributed by atoms with Crippen molar-refractivity contribution in [3.63, 3.8) is 0 Å². The zero-order valence-electron chi connectivity index (χ0n) is 16.3. The minimum absolute atomic E-state index is 0. The molecular weight excluding hydrogens is 727 g/mol. The number of pyridine rings is 1. The van der Waals surface area contributed by atoms with Gasteiger partial charge in [0.15, 0.2) is 0 Å². The first-order valence-corrected chi connectivity index (χ1v) is 9.14. The van der Waals surface area contributed by atoms with Crippen LogP contribution in [0.15, 0.2) is 97.2 Å². The van der Waals surface area contributed by atoms with Crippen LogP contribution in [-0.4, -0.2) is 12.0 Å². The summed E-state index contributed by atoms with van der Waals surface area (Å²) < 4.78 is 0. The van der Waals surface area contributed by atoms with E-state index in [0.717, 1.165) is 16.9 Å². The molecule has 2 heterocycles. The van der Waals surface area contributed by atoms with E-state index in [4.69, 9.17) is 0 Å². The largest absolute Gasteiger partial charge is 0.504 e. The van der Waals surface area contributed by atoms with Crippen LogP contribution in [0.2, 0.25) is 0 Å². The minimum Gasteiger partial charge on any atom is -0.504 e. The van der Waals surface area contributed by atoms with Crippen molar-refractivity contribution in [2.45, 2.75) is 0 Å². The number of hydrogen-bond donors (Lipinski definition) is 0. The molecule has 1 aromatic heterocycles. The topological polar surface area (TPSA) is 19.4 Å². The van der Waals surface area contributed by atoms with E-state index in [1.165, 1.54) is 11.4 Å².